The molecule has 0 aliphatic rings. The number of halogens is 2. The molecule has 140 valence electrons. The van der Waals surface area contributed by atoms with Gasteiger partial charge in [0.2, 0.25) is 0 Å². The monoisotopic (exact) mass is 382 g/mol. The van der Waals surface area contributed by atoms with Crippen molar-refractivity contribution in [1.29, 1.82) is 0 Å². The van der Waals surface area contributed by atoms with Crippen molar-refractivity contribution in [2.75, 3.05) is 0 Å². The van der Waals surface area contributed by atoms with E-state index < -0.39 is 17.5 Å². The van der Waals surface area contributed by atoms with Crippen LogP contribution in [0.2, 0.25) is 0 Å². The maximum atomic E-state index is 13.8. The molecule has 0 aliphatic carbocycles. The molecule has 2 aromatic carbocycles. The first kappa shape index (κ1) is 17.6. The van der Waals surface area contributed by atoms with E-state index in [-0.39, 0.29) is 29.1 Å². The van der Waals surface area contributed by atoms with Crippen molar-refractivity contribution in [3.05, 3.63) is 87.9 Å². The van der Waals surface area contributed by atoms with E-state index in [4.69, 9.17) is 8.94 Å². The first-order valence-electron chi connectivity index (χ1n) is 8.23. The molecule has 1 N–H and O–H groups in total. The van der Waals surface area contributed by atoms with Gasteiger partial charge in [-0.05, 0) is 24.3 Å². The maximum absolute atomic E-state index is 13.8. The molecular formula is C20H12F2N2O4. The molecule has 0 radical (unpaired) electrons. The Labute approximate surface area is 156 Å². The summed E-state index contributed by atoms with van der Waals surface area (Å²) in [6, 6.07) is 12.2. The van der Waals surface area contributed by atoms with Gasteiger partial charge in [0.15, 0.2) is 16.9 Å². The summed E-state index contributed by atoms with van der Waals surface area (Å²) in [4.78, 5) is 24.3. The van der Waals surface area contributed by atoms with Gasteiger partial charge < -0.3 is 14.3 Å². The number of nitrogens with one attached hydrogen (secondary N) is 1. The topological polar surface area (TPSA) is 85.3 Å². The number of rotatable bonds is 4. The lowest BCUT2D eigenvalue weighted by Gasteiger charge is -2.03. The summed E-state index contributed by atoms with van der Waals surface area (Å²) in [7, 11) is 0. The van der Waals surface area contributed by atoms with Crippen LogP contribution >= 0.6 is 0 Å². The van der Waals surface area contributed by atoms with E-state index in [0.29, 0.717) is 16.7 Å². The molecule has 0 saturated heterocycles. The molecule has 2 heterocycles. The van der Waals surface area contributed by atoms with Crippen molar-refractivity contribution in [2.24, 2.45) is 0 Å². The molecule has 0 saturated carbocycles. The fourth-order valence-electron chi connectivity index (χ4n) is 2.69. The average molecular weight is 382 g/mol. The predicted octanol–water partition coefficient (Wildman–Crippen LogP) is 3.66. The second-order valence-electron chi connectivity index (χ2n) is 5.96. The minimum Gasteiger partial charge on any atom is -0.451 e. The molecule has 1 amide bonds. The van der Waals surface area contributed by atoms with E-state index in [1.165, 1.54) is 12.1 Å². The maximum Gasteiger partial charge on any atom is 0.287 e. The second-order valence-corrected chi connectivity index (χ2v) is 5.96. The zero-order valence-electron chi connectivity index (χ0n) is 14.2. The first-order valence-corrected chi connectivity index (χ1v) is 8.23. The molecule has 4 rings (SSSR count). The van der Waals surface area contributed by atoms with Crippen LogP contribution in [0.1, 0.15) is 16.2 Å². The molecule has 0 atom stereocenters. The number of fused-ring (bicyclic) bond motifs is 1. The Morgan fingerprint density at radius 3 is 2.71 bits per heavy atom. The van der Waals surface area contributed by atoms with Crippen LogP contribution in [-0.4, -0.2) is 11.1 Å². The quantitative estimate of drug-likeness (QED) is 0.582. The van der Waals surface area contributed by atoms with Crippen molar-refractivity contribution in [3.8, 4) is 11.3 Å². The average Bonchev–Trinajstić information content (AvgIpc) is 3.14. The van der Waals surface area contributed by atoms with Crippen molar-refractivity contribution >= 4 is 16.9 Å². The predicted molar refractivity (Wildman–Crippen MR) is 95.5 cm³/mol. The Morgan fingerprint density at radius 2 is 1.89 bits per heavy atom. The number of carbonyl (C=O) groups is 1. The standard InChI is InChI=1S/C20H12F2N2O4/c21-11-5-6-13(15(22)7-11)18-8-12(24-28-18)10-23-20(26)19-9-16(25)14-3-1-2-4-17(14)27-19/h1-9H,10H2,(H,23,26). The van der Waals surface area contributed by atoms with Crippen LogP contribution in [-0.2, 0) is 6.54 Å². The van der Waals surface area contributed by atoms with E-state index in [1.54, 1.807) is 24.3 Å². The van der Waals surface area contributed by atoms with E-state index in [9.17, 15) is 18.4 Å². The fraction of sp³-hybridized carbons (Fsp3) is 0.0500. The lowest BCUT2D eigenvalue weighted by Crippen LogP contribution is -2.24. The Morgan fingerprint density at radius 1 is 1.07 bits per heavy atom. The summed E-state index contributed by atoms with van der Waals surface area (Å²) in [5, 5.41) is 6.67. The molecule has 8 heteroatoms. The number of nitrogens with zero attached hydrogens (tertiary/aromatic N) is 1. The highest BCUT2D eigenvalue weighted by Crippen LogP contribution is 2.24. The van der Waals surface area contributed by atoms with Crippen LogP contribution in [0, 0.1) is 11.6 Å². The molecule has 6 nitrogen and oxygen atoms in total. The number of aromatic nitrogens is 1. The Bertz CT molecular complexity index is 1250. The summed E-state index contributed by atoms with van der Waals surface area (Å²) in [5.41, 5.74) is 0.334. The van der Waals surface area contributed by atoms with E-state index in [2.05, 4.69) is 10.5 Å². The highest BCUT2D eigenvalue weighted by Gasteiger charge is 2.15. The summed E-state index contributed by atoms with van der Waals surface area (Å²) in [6.07, 6.45) is 0. The number of hydrogen-bond donors (Lipinski definition) is 1. The molecule has 0 fully saturated rings. The summed E-state index contributed by atoms with van der Waals surface area (Å²) in [6.45, 7) is -0.0400. The van der Waals surface area contributed by atoms with Crippen molar-refractivity contribution in [1.82, 2.24) is 10.5 Å². The van der Waals surface area contributed by atoms with Crippen LogP contribution in [0.5, 0.6) is 0 Å². The number of amides is 1. The number of benzene rings is 2. The number of carbonyl (C=O) groups excluding carboxylic acids is 1. The molecule has 0 spiro atoms. The van der Waals surface area contributed by atoms with Crippen LogP contribution in [0.4, 0.5) is 8.78 Å². The van der Waals surface area contributed by atoms with Crippen molar-refractivity contribution < 1.29 is 22.5 Å². The van der Waals surface area contributed by atoms with Gasteiger partial charge >= 0.3 is 0 Å². The van der Waals surface area contributed by atoms with Gasteiger partial charge in [0.05, 0.1) is 17.5 Å². The largest absolute Gasteiger partial charge is 0.451 e. The lowest BCUT2D eigenvalue weighted by atomic mass is 10.1. The van der Waals surface area contributed by atoms with Crippen LogP contribution in [0.15, 0.2) is 68.3 Å². The zero-order valence-corrected chi connectivity index (χ0v) is 14.2. The van der Waals surface area contributed by atoms with Crippen molar-refractivity contribution in [3.63, 3.8) is 0 Å². The van der Waals surface area contributed by atoms with E-state index >= 15 is 0 Å². The summed E-state index contributed by atoms with van der Waals surface area (Å²) >= 11 is 0. The highest BCUT2D eigenvalue weighted by molar-refractivity contribution is 5.93. The fourth-order valence-corrected chi connectivity index (χ4v) is 2.69. The third-order valence-corrected chi connectivity index (χ3v) is 4.04. The molecule has 4 aromatic rings. The smallest absolute Gasteiger partial charge is 0.287 e. The van der Waals surface area contributed by atoms with E-state index in [1.807, 2.05) is 0 Å². The molecule has 2 aromatic heterocycles. The normalized spacial score (nSPS) is 10.9. The first-order chi connectivity index (χ1) is 13.5. The molecule has 0 aliphatic heterocycles. The minimum atomic E-state index is -0.787. The second kappa shape index (κ2) is 7.07. The molecular weight excluding hydrogens is 370 g/mol. The van der Waals surface area contributed by atoms with Gasteiger partial charge in [0, 0.05) is 18.2 Å². The molecule has 0 bridgehead atoms. The molecule has 28 heavy (non-hydrogen) atoms. The number of para-hydroxylation sites is 1. The third kappa shape index (κ3) is 3.39. The lowest BCUT2D eigenvalue weighted by molar-refractivity contribution is 0.0923. The summed E-state index contributed by atoms with van der Waals surface area (Å²) < 4.78 is 37.3. The van der Waals surface area contributed by atoms with Gasteiger partial charge in [0.1, 0.15) is 22.9 Å². The Hall–Kier alpha value is -3.81. The SMILES string of the molecule is O=C(NCc1cc(-c2ccc(F)cc2F)on1)c1cc(=O)c2ccccc2o1. The Balaban J connectivity index is 1.50. The number of hydrogen-bond acceptors (Lipinski definition) is 5. The van der Waals surface area contributed by atoms with Gasteiger partial charge in [-0.2, -0.15) is 0 Å². The van der Waals surface area contributed by atoms with Gasteiger partial charge in [-0.1, -0.05) is 17.3 Å². The van der Waals surface area contributed by atoms with Crippen LogP contribution < -0.4 is 10.7 Å². The molecule has 0 unspecified atom stereocenters. The highest BCUT2D eigenvalue weighted by atomic mass is 19.1. The minimum absolute atomic E-state index is 0.0400. The van der Waals surface area contributed by atoms with Gasteiger partial charge in [-0.3, -0.25) is 9.59 Å². The van der Waals surface area contributed by atoms with E-state index in [0.717, 1.165) is 18.2 Å². The van der Waals surface area contributed by atoms with Crippen molar-refractivity contribution in [2.45, 2.75) is 6.54 Å². The Kier molecular flexibility index (Phi) is 4.44. The van der Waals surface area contributed by atoms with Gasteiger partial charge in [0.25, 0.3) is 5.91 Å². The zero-order chi connectivity index (χ0) is 19.7. The van der Waals surface area contributed by atoms with Crippen LogP contribution in [0.3, 0.4) is 0 Å². The van der Waals surface area contributed by atoms with Crippen LogP contribution in [0.25, 0.3) is 22.3 Å². The third-order valence-electron chi connectivity index (χ3n) is 4.04. The van der Waals surface area contributed by atoms with Gasteiger partial charge in [-0.15, -0.1) is 0 Å². The van der Waals surface area contributed by atoms with Gasteiger partial charge in [-0.25, -0.2) is 8.78 Å². The summed E-state index contributed by atoms with van der Waals surface area (Å²) in [5.74, 6) is -2.15.